The molecule has 0 amide bonds. The molecule has 0 unspecified atom stereocenters. The van der Waals surface area contributed by atoms with Crippen LogP contribution in [0.4, 0.5) is 0 Å². The molecule has 170 valence electrons. The van der Waals surface area contributed by atoms with E-state index in [-0.39, 0.29) is 30.7 Å². The Morgan fingerprint density at radius 1 is 1.25 bits per heavy atom. The zero-order chi connectivity index (χ0) is 23.3. The van der Waals surface area contributed by atoms with Crippen LogP contribution in [0.25, 0.3) is 10.9 Å². The number of aromatic amines is 2. The van der Waals surface area contributed by atoms with E-state index >= 15 is 0 Å². The normalized spacial score (nSPS) is 12.8. The number of aromatic hydroxyl groups is 1. The number of hydrogen-bond donors (Lipinski definition) is 3. The topological polar surface area (TPSA) is 130 Å². The van der Waals surface area contributed by atoms with E-state index in [4.69, 9.17) is 4.74 Å². The minimum absolute atomic E-state index is 0.101. The van der Waals surface area contributed by atoms with Crippen molar-refractivity contribution in [2.24, 2.45) is 4.99 Å². The van der Waals surface area contributed by atoms with Crippen molar-refractivity contribution in [2.45, 2.75) is 52.1 Å². The Bertz CT molecular complexity index is 1250. The van der Waals surface area contributed by atoms with E-state index in [1.165, 1.54) is 7.11 Å². The van der Waals surface area contributed by atoms with Crippen molar-refractivity contribution in [3.8, 4) is 5.88 Å². The predicted octanol–water partition coefficient (Wildman–Crippen LogP) is 2.51. The summed E-state index contributed by atoms with van der Waals surface area (Å²) in [6, 6.07) is 6.77. The van der Waals surface area contributed by atoms with E-state index in [1.807, 2.05) is 37.4 Å². The summed E-state index contributed by atoms with van der Waals surface area (Å²) >= 11 is 0. The Balaban J connectivity index is 2.07. The van der Waals surface area contributed by atoms with Crippen LogP contribution in [0.3, 0.4) is 0 Å². The number of aromatic nitrogens is 3. The van der Waals surface area contributed by atoms with Gasteiger partial charge in [0.2, 0.25) is 5.88 Å². The number of unbranched alkanes of at least 4 members (excludes halogenated alkanes) is 1. The third-order valence-electron chi connectivity index (χ3n) is 5.40. The fourth-order valence-corrected chi connectivity index (χ4v) is 3.69. The van der Waals surface area contributed by atoms with Crippen LogP contribution >= 0.6 is 0 Å². The third kappa shape index (κ3) is 4.66. The molecule has 3 aromatic rings. The van der Waals surface area contributed by atoms with Gasteiger partial charge in [0.25, 0.3) is 5.56 Å². The first kappa shape index (κ1) is 23.1. The van der Waals surface area contributed by atoms with Gasteiger partial charge in [-0.1, -0.05) is 38.5 Å². The van der Waals surface area contributed by atoms with Gasteiger partial charge in [-0.2, -0.15) is 0 Å². The lowest BCUT2D eigenvalue weighted by atomic mass is 10.0. The SMILES string of the molecule is CCCCn1c(O)c(C(CC)=N[C@@H](Cc2c[nH]c3ccccc23)C(=O)OC)c(=O)[nH]c1=O. The molecule has 1 aromatic carbocycles. The molecule has 32 heavy (non-hydrogen) atoms. The standard InChI is InChI=1S/C23H28N4O5/c1-4-6-11-27-21(29)19(20(28)26-23(27)31)16(5-2)25-18(22(30)32-3)12-14-13-24-17-10-8-7-9-15(14)17/h7-10,13,18,24,29H,4-6,11-12H2,1-3H3,(H,26,28,31)/t18-/m0/s1. The zero-order valence-electron chi connectivity index (χ0n) is 18.5. The summed E-state index contributed by atoms with van der Waals surface area (Å²) in [4.78, 5) is 47.2. The molecule has 0 saturated heterocycles. The molecule has 2 aromatic heterocycles. The number of ether oxygens (including phenoxy) is 1. The summed E-state index contributed by atoms with van der Waals surface area (Å²) in [7, 11) is 1.28. The Hall–Kier alpha value is -3.62. The van der Waals surface area contributed by atoms with Crippen molar-refractivity contribution >= 4 is 22.6 Å². The van der Waals surface area contributed by atoms with E-state index in [0.29, 0.717) is 6.42 Å². The predicted molar refractivity (Wildman–Crippen MR) is 123 cm³/mol. The molecule has 9 heteroatoms. The fourth-order valence-electron chi connectivity index (χ4n) is 3.69. The number of hydrogen-bond acceptors (Lipinski definition) is 6. The van der Waals surface area contributed by atoms with Crippen LogP contribution in [0.1, 0.15) is 44.2 Å². The molecule has 0 aliphatic rings. The van der Waals surface area contributed by atoms with Gasteiger partial charge in [-0.15, -0.1) is 0 Å². The largest absolute Gasteiger partial charge is 0.494 e. The summed E-state index contributed by atoms with van der Waals surface area (Å²) in [5.41, 5.74) is 0.518. The van der Waals surface area contributed by atoms with Gasteiger partial charge in [0.05, 0.1) is 12.8 Å². The molecule has 0 fully saturated rings. The molecular formula is C23H28N4O5. The number of nitrogens with zero attached hydrogens (tertiary/aromatic N) is 2. The molecule has 0 bridgehead atoms. The van der Waals surface area contributed by atoms with Crippen LogP contribution in [0.5, 0.6) is 5.88 Å². The van der Waals surface area contributed by atoms with Crippen LogP contribution in [-0.2, 0) is 22.5 Å². The van der Waals surface area contributed by atoms with Crippen molar-refractivity contribution < 1.29 is 14.6 Å². The van der Waals surface area contributed by atoms with Gasteiger partial charge in [0.1, 0.15) is 5.56 Å². The average Bonchev–Trinajstić information content (AvgIpc) is 3.19. The fraction of sp³-hybridized carbons (Fsp3) is 0.391. The van der Waals surface area contributed by atoms with E-state index in [1.54, 1.807) is 6.92 Å². The van der Waals surface area contributed by atoms with E-state index in [2.05, 4.69) is 15.0 Å². The first-order valence-corrected chi connectivity index (χ1v) is 10.7. The first-order chi connectivity index (χ1) is 15.4. The van der Waals surface area contributed by atoms with Crippen molar-refractivity contribution in [3.05, 3.63) is 62.4 Å². The van der Waals surface area contributed by atoms with E-state index in [9.17, 15) is 19.5 Å². The van der Waals surface area contributed by atoms with Crippen LogP contribution in [-0.4, -0.2) is 44.5 Å². The molecular weight excluding hydrogens is 412 g/mol. The van der Waals surface area contributed by atoms with Crippen LogP contribution in [0.2, 0.25) is 0 Å². The quantitative estimate of drug-likeness (QED) is 0.348. The van der Waals surface area contributed by atoms with Gasteiger partial charge in [-0.25, -0.2) is 9.59 Å². The number of carbonyl (C=O) groups excluding carboxylic acids is 1. The first-order valence-electron chi connectivity index (χ1n) is 10.7. The average molecular weight is 441 g/mol. The highest BCUT2D eigenvalue weighted by Gasteiger charge is 2.24. The molecule has 0 spiro atoms. The van der Waals surface area contributed by atoms with Crippen molar-refractivity contribution in [2.75, 3.05) is 7.11 Å². The van der Waals surface area contributed by atoms with Crippen LogP contribution < -0.4 is 11.2 Å². The Morgan fingerprint density at radius 3 is 2.69 bits per heavy atom. The number of methoxy groups -OCH3 is 1. The summed E-state index contributed by atoms with van der Waals surface area (Å²) < 4.78 is 6.07. The molecule has 0 aliphatic heterocycles. The minimum atomic E-state index is -0.927. The molecule has 2 heterocycles. The highest BCUT2D eigenvalue weighted by Crippen LogP contribution is 2.21. The molecule has 0 radical (unpaired) electrons. The Kier molecular flexibility index (Phi) is 7.29. The Morgan fingerprint density at radius 2 is 2.00 bits per heavy atom. The van der Waals surface area contributed by atoms with Crippen LogP contribution in [0, 0.1) is 0 Å². The molecule has 1 atom stereocenters. The van der Waals surface area contributed by atoms with E-state index < -0.39 is 29.1 Å². The lowest BCUT2D eigenvalue weighted by Crippen LogP contribution is -2.35. The van der Waals surface area contributed by atoms with Gasteiger partial charge in [0, 0.05) is 30.1 Å². The van der Waals surface area contributed by atoms with Gasteiger partial charge in [-0.3, -0.25) is 19.3 Å². The lowest BCUT2D eigenvalue weighted by Gasteiger charge is -2.15. The van der Waals surface area contributed by atoms with Crippen molar-refractivity contribution in [3.63, 3.8) is 0 Å². The summed E-state index contributed by atoms with van der Waals surface area (Å²) in [6.45, 7) is 3.98. The molecule has 3 rings (SSSR count). The number of rotatable bonds is 9. The van der Waals surface area contributed by atoms with Gasteiger partial charge >= 0.3 is 11.7 Å². The minimum Gasteiger partial charge on any atom is -0.494 e. The molecule has 0 saturated carbocycles. The second kappa shape index (κ2) is 10.1. The van der Waals surface area contributed by atoms with Crippen LogP contribution in [0.15, 0.2) is 45.0 Å². The molecule has 3 N–H and O–H groups in total. The maximum atomic E-state index is 12.6. The summed E-state index contributed by atoms with van der Waals surface area (Å²) in [6.07, 6.45) is 3.79. The number of benzene rings is 1. The van der Waals surface area contributed by atoms with Crippen molar-refractivity contribution in [1.29, 1.82) is 0 Å². The van der Waals surface area contributed by atoms with E-state index in [0.717, 1.165) is 27.5 Å². The number of H-pyrrole nitrogens is 2. The Labute approximate surface area is 184 Å². The number of fused-ring (bicyclic) bond motifs is 1. The maximum Gasteiger partial charge on any atom is 0.331 e. The van der Waals surface area contributed by atoms with Gasteiger partial charge in [-0.05, 0) is 24.5 Å². The smallest absolute Gasteiger partial charge is 0.331 e. The highest BCUT2D eigenvalue weighted by molar-refractivity contribution is 6.03. The maximum absolute atomic E-state index is 12.6. The van der Waals surface area contributed by atoms with Gasteiger partial charge < -0.3 is 14.8 Å². The zero-order valence-corrected chi connectivity index (χ0v) is 18.5. The second-order valence-electron chi connectivity index (χ2n) is 7.50. The van der Waals surface area contributed by atoms with Crippen molar-refractivity contribution in [1.82, 2.24) is 14.5 Å². The number of esters is 1. The second-order valence-corrected chi connectivity index (χ2v) is 7.50. The summed E-state index contributed by atoms with van der Waals surface area (Å²) in [5.74, 6) is -1.00. The number of nitrogens with one attached hydrogen (secondary N) is 2. The molecule has 0 aliphatic carbocycles. The molecule has 9 nitrogen and oxygen atoms in total. The number of para-hydroxylation sites is 1. The highest BCUT2D eigenvalue weighted by atomic mass is 16.5. The monoisotopic (exact) mass is 440 g/mol. The number of aliphatic imine (C=N–C) groups is 1. The third-order valence-corrected chi connectivity index (χ3v) is 5.40. The summed E-state index contributed by atoms with van der Waals surface area (Å²) in [5, 5.41) is 11.7. The van der Waals surface area contributed by atoms with Gasteiger partial charge in [0.15, 0.2) is 6.04 Å². The number of carbonyl (C=O) groups is 1. The lowest BCUT2D eigenvalue weighted by molar-refractivity contribution is -0.142.